The molecule has 0 saturated carbocycles. The Hall–Kier alpha value is -1.03. The summed E-state index contributed by atoms with van der Waals surface area (Å²) in [5.74, 6) is -0.721. The summed E-state index contributed by atoms with van der Waals surface area (Å²) >= 11 is 3.37. The fourth-order valence-electron chi connectivity index (χ4n) is 1.45. The Kier molecular flexibility index (Phi) is 3.63. The average molecular weight is 287 g/mol. The smallest absolute Gasteiger partial charge is 0.309 e. The highest BCUT2D eigenvalue weighted by molar-refractivity contribution is 9.10. The van der Waals surface area contributed by atoms with Crippen LogP contribution in [0, 0.1) is 12.3 Å². The lowest BCUT2D eigenvalue weighted by Gasteiger charge is -2.21. The van der Waals surface area contributed by atoms with Gasteiger partial charge in [0.2, 0.25) is 0 Å². The van der Waals surface area contributed by atoms with Crippen molar-refractivity contribution in [2.45, 2.75) is 27.2 Å². The molecule has 0 aliphatic heterocycles. The summed E-state index contributed by atoms with van der Waals surface area (Å²) in [6.45, 7) is 5.15. The van der Waals surface area contributed by atoms with Crippen LogP contribution in [0.1, 0.15) is 25.0 Å². The molecule has 0 fully saturated rings. The van der Waals surface area contributed by atoms with E-state index >= 15 is 0 Å². The Morgan fingerprint density at radius 3 is 2.50 bits per heavy atom. The van der Waals surface area contributed by atoms with Crippen molar-refractivity contribution in [1.82, 2.24) is 0 Å². The van der Waals surface area contributed by atoms with Crippen LogP contribution in [0.25, 0.3) is 0 Å². The van der Waals surface area contributed by atoms with Gasteiger partial charge in [-0.15, -0.1) is 0 Å². The zero-order chi connectivity index (χ0) is 12.5. The molecule has 2 N–H and O–H groups in total. The zero-order valence-electron chi connectivity index (χ0n) is 9.54. The van der Waals surface area contributed by atoms with Crippen LogP contribution in [-0.2, 0) is 11.2 Å². The molecular weight excluding hydrogens is 272 g/mol. The van der Waals surface area contributed by atoms with Gasteiger partial charge in [0.05, 0.1) is 5.41 Å². The molecule has 88 valence electrons. The summed E-state index contributed by atoms with van der Waals surface area (Å²) in [4.78, 5) is 11.0. The minimum absolute atomic E-state index is 0.148. The summed E-state index contributed by atoms with van der Waals surface area (Å²) < 4.78 is 0.876. The van der Waals surface area contributed by atoms with Crippen molar-refractivity contribution in [1.29, 1.82) is 0 Å². The van der Waals surface area contributed by atoms with Crippen LogP contribution >= 0.6 is 15.9 Å². The molecule has 0 bridgehead atoms. The predicted octanol–water partition coefficient (Wildman–Crippen LogP) is 3.12. The number of aromatic hydroxyl groups is 1. The van der Waals surface area contributed by atoms with Gasteiger partial charge in [0, 0.05) is 4.47 Å². The largest absolute Gasteiger partial charge is 0.508 e. The molecule has 1 aromatic rings. The number of carboxylic acids is 1. The zero-order valence-corrected chi connectivity index (χ0v) is 11.1. The van der Waals surface area contributed by atoms with Crippen LogP contribution < -0.4 is 0 Å². The first-order valence-corrected chi connectivity index (χ1v) is 5.75. The Labute approximate surface area is 103 Å². The van der Waals surface area contributed by atoms with E-state index in [4.69, 9.17) is 5.11 Å². The fourth-order valence-corrected chi connectivity index (χ4v) is 1.83. The van der Waals surface area contributed by atoms with Gasteiger partial charge in [-0.1, -0.05) is 15.9 Å². The quantitative estimate of drug-likeness (QED) is 0.898. The van der Waals surface area contributed by atoms with Crippen LogP contribution in [-0.4, -0.2) is 16.2 Å². The molecule has 16 heavy (non-hydrogen) atoms. The molecule has 0 amide bonds. The Bertz CT molecular complexity index is 425. The highest BCUT2D eigenvalue weighted by Crippen LogP contribution is 2.33. The minimum atomic E-state index is -0.886. The second-order valence-electron chi connectivity index (χ2n) is 4.54. The summed E-state index contributed by atoms with van der Waals surface area (Å²) in [5.41, 5.74) is 0.680. The third-order valence-corrected chi connectivity index (χ3v) is 3.56. The molecule has 0 aliphatic carbocycles. The van der Waals surface area contributed by atoms with E-state index in [9.17, 15) is 9.90 Å². The molecule has 4 heteroatoms. The molecular formula is C12H15BrO3. The lowest BCUT2D eigenvalue weighted by molar-refractivity contribution is -0.146. The van der Waals surface area contributed by atoms with Gasteiger partial charge in [-0.2, -0.15) is 0 Å². The van der Waals surface area contributed by atoms with Crippen molar-refractivity contribution in [3.8, 4) is 5.75 Å². The van der Waals surface area contributed by atoms with Gasteiger partial charge in [0.25, 0.3) is 0 Å². The van der Waals surface area contributed by atoms with Crippen molar-refractivity contribution in [2.24, 2.45) is 5.41 Å². The first-order valence-electron chi connectivity index (χ1n) is 4.96. The first kappa shape index (κ1) is 13.0. The molecule has 0 saturated heterocycles. The van der Waals surface area contributed by atoms with E-state index in [1.54, 1.807) is 26.0 Å². The highest BCUT2D eigenvalue weighted by atomic mass is 79.9. The van der Waals surface area contributed by atoms with Gasteiger partial charge in [0.15, 0.2) is 0 Å². The topological polar surface area (TPSA) is 57.5 Å². The summed E-state index contributed by atoms with van der Waals surface area (Å²) in [6.07, 6.45) is 0.305. The van der Waals surface area contributed by atoms with E-state index in [0.29, 0.717) is 12.0 Å². The molecule has 1 rings (SSSR count). The van der Waals surface area contributed by atoms with Gasteiger partial charge in [-0.05, 0) is 50.5 Å². The van der Waals surface area contributed by atoms with E-state index in [2.05, 4.69) is 15.9 Å². The Morgan fingerprint density at radius 2 is 2.00 bits per heavy atom. The number of benzene rings is 1. The molecule has 3 nitrogen and oxygen atoms in total. The van der Waals surface area contributed by atoms with Gasteiger partial charge in [-0.3, -0.25) is 4.79 Å². The number of hydrogen-bond donors (Lipinski definition) is 2. The van der Waals surface area contributed by atoms with E-state index in [1.165, 1.54) is 0 Å². The van der Waals surface area contributed by atoms with E-state index < -0.39 is 11.4 Å². The van der Waals surface area contributed by atoms with Crippen molar-refractivity contribution in [3.63, 3.8) is 0 Å². The Balaban J connectivity index is 3.15. The summed E-state index contributed by atoms with van der Waals surface area (Å²) in [6, 6.07) is 3.33. The minimum Gasteiger partial charge on any atom is -0.508 e. The van der Waals surface area contributed by atoms with Gasteiger partial charge in [-0.25, -0.2) is 0 Å². The normalized spacial score (nSPS) is 11.5. The number of carbonyl (C=O) groups is 1. The molecule has 0 atom stereocenters. The van der Waals surface area contributed by atoms with Gasteiger partial charge in [0.1, 0.15) is 5.75 Å². The SMILES string of the molecule is Cc1c(Br)ccc(O)c1CC(C)(C)C(=O)O. The van der Waals surface area contributed by atoms with Crippen molar-refractivity contribution in [2.75, 3.05) is 0 Å². The molecule has 0 spiro atoms. The number of halogens is 1. The average Bonchev–Trinajstić information content (AvgIpc) is 2.18. The van der Waals surface area contributed by atoms with Crippen molar-refractivity contribution < 1.29 is 15.0 Å². The van der Waals surface area contributed by atoms with Gasteiger partial charge < -0.3 is 10.2 Å². The molecule has 0 aliphatic rings. The maximum Gasteiger partial charge on any atom is 0.309 e. The van der Waals surface area contributed by atoms with Crippen LogP contribution in [0.5, 0.6) is 5.75 Å². The number of carboxylic acid groups (broad SMARTS) is 1. The van der Waals surface area contributed by atoms with Crippen LogP contribution in [0.2, 0.25) is 0 Å². The molecule has 0 heterocycles. The number of aliphatic carboxylic acids is 1. The van der Waals surface area contributed by atoms with E-state index in [-0.39, 0.29) is 5.75 Å². The maximum atomic E-state index is 11.0. The van der Waals surface area contributed by atoms with Crippen LogP contribution in [0.15, 0.2) is 16.6 Å². The van der Waals surface area contributed by atoms with Crippen molar-refractivity contribution in [3.05, 3.63) is 27.7 Å². The van der Waals surface area contributed by atoms with E-state index in [1.807, 2.05) is 6.92 Å². The third-order valence-electron chi connectivity index (χ3n) is 2.71. The Morgan fingerprint density at radius 1 is 1.44 bits per heavy atom. The van der Waals surface area contributed by atoms with Crippen molar-refractivity contribution >= 4 is 21.9 Å². The number of rotatable bonds is 3. The molecule has 0 unspecified atom stereocenters. The van der Waals surface area contributed by atoms with E-state index in [0.717, 1.165) is 10.0 Å². The first-order chi connectivity index (χ1) is 7.25. The lowest BCUT2D eigenvalue weighted by atomic mass is 9.84. The summed E-state index contributed by atoms with van der Waals surface area (Å²) in [5, 5.41) is 18.8. The molecule has 0 aromatic heterocycles. The monoisotopic (exact) mass is 286 g/mol. The standard InChI is InChI=1S/C12H15BrO3/c1-7-8(6-12(2,3)11(15)16)10(14)5-4-9(7)13/h4-5,14H,6H2,1-3H3,(H,15,16). The van der Waals surface area contributed by atoms with Crippen LogP contribution in [0.3, 0.4) is 0 Å². The van der Waals surface area contributed by atoms with Gasteiger partial charge >= 0.3 is 5.97 Å². The number of phenolic OH excluding ortho intramolecular Hbond substituents is 1. The number of phenols is 1. The number of hydrogen-bond acceptors (Lipinski definition) is 2. The predicted molar refractivity (Wildman–Crippen MR) is 65.7 cm³/mol. The maximum absolute atomic E-state index is 11.0. The summed E-state index contributed by atoms with van der Waals surface area (Å²) in [7, 11) is 0. The second kappa shape index (κ2) is 4.45. The third kappa shape index (κ3) is 2.55. The molecule has 1 aromatic carbocycles. The fraction of sp³-hybridized carbons (Fsp3) is 0.417. The van der Waals surface area contributed by atoms with Crippen LogP contribution in [0.4, 0.5) is 0 Å². The highest BCUT2D eigenvalue weighted by Gasteiger charge is 2.29. The second-order valence-corrected chi connectivity index (χ2v) is 5.39. The molecule has 0 radical (unpaired) electrons. The lowest BCUT2D eigenvalue weighted by Crippen LogP contribution is -2.26.